The number of hydrogen-bond donors (Lipinski definition) is 1. The maximum absolute atomic E-state index is 10.8. The zero-order valence-corrected chi connectivity index (χ0v) is 12.3. The van der Waals surface area contributed by atoms with Crippen molar-refractivity contribution in [2.75, 3.05) is 13.1 Å². The van der Waals surface area contributed by atoms with Crippen molar-refractivity contribution in [2.45, 2.75) is 31.3 Å². The quantitative estimate of drug-likeness (QED) is 0.938. The van der Waals surface area contributed by atoms with Crippen molar-refractivity contribution in [2.24, 2.45) is 0 Å². The summed E-state index contributed by atoms with van der Waals surface area (Å²) in [5, 5.41) is 18.7. The smallest absolute Gasteiger partial charge is 0.358 e. The number of aromatic nitrogens is 3. The van der Waals surface area contributed by atoms with Gasteiger partial charge in [-0.25, -0.2) is 9.48 Å². The lowest BCUT2D eigenvalue weighted by atomic mass is 9.90. The Bertz CT molecular complexity index is 674. The average molecular weight is 304 g/mol. The van der Waals surface area contributed by atoms with E-state index in [1.807, 2.05) is 11.3 Å². The molecule has 0 bridgehead atoms. The summed E-state index contributed by atoms with van der Waals surface area (Å²) in [4.78, 5) is 14.8. The van der Waals surface area contributed by atoms with Crippen LogP contribution >= 0.6 is 11.3 Å². The Kier molecular flexibility index (Phi) is 3.04. The number of aromatic carboxylic acids is 1. The average Bonchev–Trinajstić information content (AvgIpc) is 3.05. The van der Waals surface area contributed by atoms with Gasteiger partial charge in [0.1, 0.15) is 0 Å². The molecule has 2 aromatic rings. The van der Waals surface area contributed by atoms with Crippen LogP contribution in [0.15, 0.2) is 17.6 Å². The Hall–Kier alpha value is -1.73. The minimum Gasteiger partial charge on any atom is -0.476 e. The Morgan fingerprint density at radius 3 is 3.05 bits per heavy atom. The van der Waals surface area contributed by atoms with Crippen molar-refractivity contribution in [1.29, 1.82) is 0 Å². The van der Waals surface area contributed by atoms with Crippen LogP contribution in [0, 0.1) is 0 Å². The highest BCUT2D eigenvalue weighted by Gasteiger charge is 2.37. The second-order valence-electron chi connectivity index (χ2n) is 5.70. The Morgan fingerprint density at radius 1 is 1.43 bits per heavy atom. The fourth-order valence-corrected chi connectivity index (χ4v) is 4.29. The molecule has 1 saturated heterocycles. The Morgan fingerprint density at radius 2 is 2.29 bits per heavy atom. The van der Waals surface area contributed by atoms with Gasteiger partial charge in [-0.15, -0.1) is 16.4 Å². The van der Waals surface area contributed by atoms with Gasteiger partial charge in [0.05, 0.1) is 12.2 Å². The minimum atomic E-state index is -1.02. The first-order valence-electron chi connectivity index (χ1n) is 7.18. The van der Waals surface area contributed by atoms with E-state index in [1.54, 1.807) is 4.68 Å². The SMILES string of the molecule is O=C(O)c1cn(C2CN(C3CCCc4sccc43)C2)nn1. The van der Waals surface area contributed by atoms with Crippen molar-refractivity contribution in [3.63, 3.8) is 0 Å². The van der Waals surface area contributed by atoms with Crippen LogP contribution in [0.3, 0.4) is 0 Å². The maximum atomic E-state index is 10.8. The summed E-state index contributed by atoms with van der Waals surface area (Å²) in [6.07, 6.45) is 5.22. The summed E-state index contributed by atoms with van der Waals surface area (Å²) in [6.45, 7) is 1.84. The first kappa shape index (κ1) is 13.0. The van der Waals surface area contributed by atoms with Gasteiger partial charge in [0, 0.05) is 24.0 Å². The normalized spacial score (nSPS) is 22.8. The van der Waals surface area contributed by atoms with Crippen LogP contribution in [0.1, 0.15) is 45.9 Å². The van der Waals surface area contributed by atoms with Gasteiger partial charge < -0.3 is 5.11 Å². The van der Waals surface area contributed by atoms with E-state index in [9.17, 15) is 4.79 Å². The molecule has 2 aliphatic rings. The topological polar surface area (TPSA) is 71.2 Å². The molecule has 1 aliphatic heterocycles. The molecule has 1 aliphatic carbocycles. The first-order valence-corrected chi connectivity index (χ1v) is 8.06. The number of thiophene rings is 1. The third-order valence-corrected chi connectivity index (χ3v) is 5.45. The van der Waals surface area contributed by atoms with Crippen molar-refractivity contribution < 1.29 is 9.90 Å². The zero-order valence-electron chi connectivity index (χ0n) is 11.5. The molecule has 0 amide bonds. The number of rotatable bonds is 3. The highest BCUT2D eigenvalue weighted by Crippen LogP contribution is 2.40. The summed E-state index contributed by atoms with van der Waals surface area (Å²) in [5.74, 6) is -1.02. The number of aryl methyl sites for hydroxylation is 1. The molecule has 7 heteroatoms. The van der Waals surface area contributed by atoms with E-state index in [0.29, 0.717) is 6.04 Å². The summed E-state index contributed by atoms with van der Waals surface area (Å²) >= 11 is 1.87. The summed E-state index contributed by atoms with van der Waals surface area (Å²) in [5.41, 5.74) is 1.51. The van der Waals surface area contributed by atoms with Gasteiger partial charge in [-0.2, -0.15) is 0 Å². The largest absolute Gasteiger partial charge is 0.476 e. The second-order valence-corrected chi connectivity index (χ2v) is 6.70. The second kappa shape index (κ2) is 4.92. The van der Waals surface area contributed by atoms with Crippen LogP contribution in [0.25, 0.3) is 0 Å². The molecular weight excluding hydrogens is 288 g/mol. The highest BCUT2D eigenvalue weighted by atomic mass is 32.1. The lowest BCUT2D eigenvalue weighted by Crippen LogP contribution is -2.50. The molecule has 0 aromatic carbocycles. The molecule has 4 rings (SSSR count). The fraction of sp³-hybridized carbons (Fsp3) is 0.500. The van der Waals surface area contributed by atoms with Gasteiger partial charge >= 0.3 is 5.97 Å². The Balaban J connectivity index is 1.45. The molecule has 1 fully saturated rings. The van der Waals surface area contributed by atoms with Crippen LogP contribution in [0.5, 0.6) is 0 Å². The number of fused-ring (bicyclic) bond motifs is 1. The van der Waals surface area contributed by atoms with Gasteiger partial charge in [-0.1, -0.05) is 5.21 Å². The van der Waals surface area contributed by atoms with Crippen molar-refractivity contribution in [3.8, 4) is 0 Å². The minimum absolute atomic E-state index is 0.0197. The van der Waals surface area contributed by atoms with E-state index >= 15 is 0 Å². The number of nitrogens with zero attached hydrogens (tertiary/aromatic N) is 4. The number of hydrogen-bond acceptors (Lipinski definition) is 5. The molecule has 0 spiro atoms. The maximum Gasteiger partial charge on any atom is 0.358 e. The van der Waals surface area contributed by atoms with Crippen molar-refractivity contribution >= 4 is 17.3 Å². The van der Waals surface area contributed by atoms with E-state index < -0.39 is 5.97 Å². The lowest BCUT2D eigenvalue weighted by molar-refractivity contribution is 0.0437. The van der Waals surface area contributed by atoms with Crippen LogP contribution in [0.4, 0.5) is 0 Å². The third kappa shape index (κ3) is 2.16. The zero-order chi connectivity index (χ0) is 14.4. The molecule has 6 nitrogen and oxygen atoms in total. The van der Waals surface area contributed by atoms with E-state index in [2.05, 4.69) is 26.7 Å². The molecule has 21 heavy (non-hydrogen) atoms. The van der Waals surface area contributed by atoms with Gasteiger partial charge in [0.25, 0.3) is 0 Å². The van der Waals surface area contributed by atoms with Crippen molar-refractivity contribution in [3.05, 3.63) is 33.8 Å². The van der Waals surface area contributed by atoms with E-state index in [1.165, 1.54) is 35.9 Å². The molecule has 3 heterocycles. The molecule has 0 radical (unpaired) electrons. The molecule has 2 aromatic heterocycles. The third-order valence-electron chi connectivity index (χ3n) is 4.46. The number of carboxylic acid groups (broad SMARTS) is 1. The summed E-state index contributed by atoms with van der Waals surface area (Å²) in [7, 11) is 0. The van der Waals surface area contributed by atoms with E-state index in [-0.39, 0.29) is 11.7 Å². The monoisotopic (exact) mass is 304 g/mol. The van der Waals surface area contributed by atoms with Gasteiger partial charge in [-0.05, 0) is 36.3 Å². The highest BCUT2D eigenvalue weighted by molar-refractivity contribution is 7.10. The first-order chi connectivity index (χ1) is 10.2. The number of likely N-dealkylation sites (tertiary alicyclic amines) is 1. The van der Waals surface area contributed by atoms with E-state index in [0.717, 1.165) is 13.1 Å². The molecule has 1 unspecified atom stereocenters. The molecular formula is C14H16N4O2S. The van der Waals surface area contributed by atoms with Gasteiger partial charge in [-0.3, -0.25) is 4.90 Å². The van der Waals surface area contributed by atoms with Crippen LogP contribution in [-0.4, -0.2) is 44.1 Å². The van der Waals surface area contributed by atoms with Gasteiger partial charge in [0.2, 0.25) is 0 Å². The van der Waals surface area contributed by atoms with Crippen LogP contribution in [0.2, 0.25) is 0 Å². The standard InChI is InChI=1S/C14H16N4O2S/c19-14(20)11-8-18(16-15-11)9-6-17(7-9)12-2-1-3-13-10(12)4-5-21-13/h4-5,8-9,12H,1-3,6-7H2,(H,19,20). The lowest BCUT2D eigenvalue weighted by Gasteiger charge is -2.45. The Labute approximate surface area is 126 Å². The van der Waals surface area contributed by atoms with Gasteiger partial charge in [0.15, 0.2) is 5.69 Å². The molecule has 1 atom stereocenters. The predicted octanol–water partition coefficient (Wildman–Crippen LogP) is 1.97. The number of carbonyl (C=O) groups is 1. The predicted molar refractivity (Wildman–Crippen MR) is 77.6 cm³/mol. The summed E-state index contributed by atoms with van der Waals surface area (Å²) in [6, 6.07) is 3.03. The molecule has 0 saturated carbocycles. The summed E-state index contributed by atoms with van der Waals surface area (Å²) < 4.78 is 1.69. The molecule has 1 N–H and O–H groups in total. The van der Waals surface area contributed by atoms with Crippen molar-refractivity contribution in [1.82, 2.24) is 19.9 Å². The fourth-order valence-electron chi connectivity index (χ4n) is 3.30. The van der Waals surface area contributed by atoms with Crippen LogP contribution < -0.4 is 0 Å². The van der Waals surface area contributed by atoms with E-state index in [4.69, 9.17) is 5.11 Å². The molecule has 110 valence electrons. The number of carboxylic acids is 1. The van der Waals surface area contributed by atoms with Crippen LogP contribution in [-0.2, 0) is 6.42 Å².